The van der Waals surface area contributed by atoms with E-state index in [0.29, 0.717) is 22.3 Å². The summed E-state index contributed by atoms with van der Waals surface area (Å²) in [7, 11) is 0. The lowest BCUT2D eigenvalue weighted by atomic mass is 10.1. The number of aryl methyl sites for hydroxylation is 3. The highest BCUT2D eigenvalue weighted by atomic mass is 32.2. The molecule has 0 radical (unpaired) electrons. The summed E-state index contributed by atoms with van der Waals surface area (Å²) in [4.78, 5) is 26.4. The lowest BCUT2D eigenvalue weighted by molar-refractivity contribution is -0.113. The Kier molecular flexibility index (Phi) is 8.85. The predicted octanol–water partition coefficient (Wildman–Crippen LogP) is 6.08. The van der Waals surface area contributed by atoms with Crippen LogP contribution in [0.4, 0.5) is 10.7 Å². The summed E-state index contributed by atoms with van der Waals surface area (Å²) in [5, 5.41) is 16.3. The minimum Gasteiger partial charge on any atom is -0.462 e. The van der Waals surface area contributed by atoms with Crippen LogP contribution in [0.3, 0.4) is 0 Å². The molecule has 4 rings (SSSR count). The second kappa shape index (κ2) is 12.3. The van der Waals surface area contributed by atoms with E-state index in [-0.39, 0.29) is 18.3 Å². The Morgan fingerprint density at radius 3 is 2.39 bits per heavy atom. The van der Waals surface area contributed by atoms with E-state index in [9.17, 15) is 9.59 Å². The fourth-order valence-corrected chi connectivity index (χ4v) is 5.90. The maximum Gasteiger partial charge on any atom is 0.341 e. The third kappa shape index (κ3) is 6.08. The van der Waals surface area contributed by atoms with Gasteiger partial charge in [-0.1, -0.05) is 48.2 Å². The zero-order valence-electron chi connectivity index (χ0n) is 22.1. The smallest absolute Gasteiger partial charge is 0.341 e. The molecule has 38 heavy (non-hydrogen) atoms. The van der Waals surface area contributed by atoms with Gasteiger partial charge in [0.15, 0.2) is 11.0 Å². The van der Waals surface area contributed by atoms with Crippen molar-refractivity contribution in [2.75, 3.05) is 23.0 Å². The number of carbonyl (C=O) groups excluding carboxylic acids is 2. The normalized spacial score (nSPS) is 10.9. The van der Waals surface area contributed by atoms with E-state index >= 15 is 0 Å². The van der Waals surface area contributed by atoms with E-state index in [1.807, 2.05) is 54.8 Å². The molecule has 4 aromatic rings. The van der Waals surface area contributed by atoms with Crippen molar-refractivity contribution in [2.24, 2.45) is 0 Å². The zero-order valence-corrected chi connectivity index (χ0v) is 23.8. The number of benzene rings is 2. The number of ether oxygens (including phenoxy) is 1. The first-order chi connectivity index (χ1) is 18.3. The average molecular weight is 550 g/mol. The molecule has 0 saturated carbocycles. The van der Waals surface area contributed by atoms with Crippen molar-refractivity contribution in [1.29, 1.82) is 0 Å². The Morgan fingerprint density at radius 2 is 1.71 bits per heavy atom. The van der Waals surface area contributed by atoms with Gasteiger partial charge >= 0.3 is 5.97 Å². The first kappa shape index (κ1) is 27.4. The van der Waals surface area contributed by atoms with Gasteiger partial charge in [0.05, 0.1) is 24.5 Å². The quantitative estimate of drug-likeness (QED) is 0.183. The number of hydrogen-bond acceptors (Lipinski definition) is 8. The monoisotopic (exact) mass is 549 g/mol. The maximum atomic E-state index is 12.9. The molecule has 8 nitrogen and oxygen atoms in total. The highest BCUT2D eigenvalue weighted by Gasteiger charge is 2.23. The first-order valence-electron chi connectivity index (χ1n) is 12.3. The summed E-state index contributed by atoms with van der Waals surface area (Å²) < 4.78 is 7.15. The molecule has 2 N–H and O–H groups in total. The van der Waals surface area contributed by atoms with Crippen molar-refractivity contribution in [3.8, 4) is 5.69 Å². The Labute approximate surface area is 230 Å². The Hall–Kier alpha value is -3.63. The number of amides is 1. The number of esters is 1. The van der Waals surface area contributed by atoms with E-state index in [2.05, 4.69) is 46.8 Å². The first-order valence-corrected chi connectivity index (χ1v) is 14.1. The van der Waals surface area contributed by atoms with Crippen LogP contribution in [0.15, 0.2) is 53.7 Å². The van der Waals surface area contributed by atoms with Crippen LogP contribution in [0.5, 0.6) is 0 Å². The molecule has 0 unspecified atom stereocenters. The van der Waals surface area contributed by atoms with Crippen LogP contribution < -0.4 is 10.6 Å². The van der Waals surface area contributed by atoms with Crippen LogP contribution in [0.25, 0.3) is 5.69 Å². The molecule has 10 heteroatoms. The molecule has 2 aromatic carbocycles. The molecule has 198 valence electrons. The number of thioether (sulfide) groups is 1. The zero-order chi connectivity index (χ0) is 27.2. The Morgan fingerprint density at radius 1 is 1.00 bits per heavy atom. The van der Waals surface area contributed by atoms with E-state index in [1.165, 1.54) is 23.1 Å². The van der Waals surface area contributed by atoms with Crippen molar-refractivity contribution in [3.63, 3.8) is 0 Å². The number of aromatic nitrogens is 3. The molecular weight excluding hydrogens is 518 g/mol. The van der Waals surface area contributed by atoms with Gasteiger partial charge in [0, 0.05) is 16.3 Å². The number of hydrogen-bond donors (Lipinski definition) is 2. The van der Waals surface area contributed by atoms with Crippen LogP contribution in [0.1, 0.15) is 44.7 Å². The van der Waals surface area contributed by atoms with E-state index < -0.39 is 5.97 Å². The summed E-state index contributed by atoms with van der Waals surface area (Å²) in [5.74, 6) is 0.172. The lowest BCUT2D eigenvalue weighted by Gasteiger charge is -2.14. The van der Waals surface area contributed by atoms with Crippen molar-refractivity contribution in [2.45, 2.75) is 46.3 Å². The topological polar surface area (TPSA) is 98.1 Å². The Balaban J connectivity index is 1.52. The standard InChI is InChI=1S/C28H31N5O3S2/c1-6-36-27(35)24-19(4)20(5)38-26(24)30-23(34)16-37-28-32-31-22(33(28)21-13-8-7-9-14-21)15-29-25-17(2)11-10-12-18(25)3/h7-14,29H,6,15-16H2,1-5H3,(H,30,34). The van der Waals surface area contributed by atoms with Crippen molar-refractivity contribution in [3.05, 3.63) is 81.5 Å². The minimum absolute atomic E-state index is 0.105. The highest BCUT2D eigenvalue weighted by Crippen LogP contribution is 2.33. The predicted molar refractivity (Wildman–Crippen MR) is 154 cm³/mol. The van der Waals surface area contributed by atoms with Crippen LogP contribution in [-0.4, -0.2) is 39.0 Å². The minimum atomic E-state index is -0.429. The number of nitrogens with one attached hydrogen (secondary N) is 2. The molecule has 0 aliphatic heterocycles. The molecule has 2 aromatic heterocycles. The van der Waals surface area contributed by atoms with Crippen LogP contribution in [0.2, 0.25) is 0 Å². The van der Waals surface area contributed by atoms with Crippen LogP contribution in [-0.2, 0) is 16.1 Å². The van der Waals surface area contributed by atoms with Crippen molar-refractivity contribution >= 4 is 45.7 Å². The van der Waals surface area contributed by atoms with Gasteiger partial charge in [-0.2, -0.15) is 0 Å². The molecule has 1 amide bonds. The summed E-state index contributed by atoms with van der Waals surface area (Å²) in [6.07, 6.45) is 0. The number of para-hydroxylation sites is 2. The number of nitrogens with zero attached hydrogens (tertiary/aromatic N) is 3. The summed E-state index contributed by atoms with van der Waals surface area (Å²) in [6.45, 7) is 10.4. The van der Waals surface area contributed by atoms with E-state index in [4.69, 9.17) is 4.74 Å². The fourth-order valence-electron chi connectivity index (χ4n) is 4.06. The number of thiophene rings is 1. The van der Waals surface area contributed by atoms with Crippen LogP contribution in [0, 0.1) is 27.7 Å². The molecular formula is C28H31N5O3S2. The molecule has 2 heterocycles. The third-order valence-electron chi connectivity index (χ3n) is 6.07. The molecule has 0 saturated heterocycles. The summed E-state index contributed by atoms with van der Waals surface area (Å²) in [6, 6.07) is 16.0. The molecule has 0 fully saturated rings. The SMILES string of the molecule is CCOC(=O)c1c(NC(=O)CSc2nnc(CNc3c(C)cccc3C)n2-c2ccccc2)sc(C)c1C. The maximum absolute atomic E-state index is 12.9. The second-order valence-electron chi connectivity index (χ2n) is 8.73. The van der Waals surface area contributed by atoms with Gasteiger partial charge in [-0.05, 0) is 63.4 Å². The molecule has 0 aliphatic rings. The second-order valence-corrected chi connectivity index (χ2v) is 10.9. The number of rotatable bonds is 10. The van der Waals surface area contributed by atoms with Crippen LogP contribution >= 0.6 is 23.1 Å². The molecule has 0 bridgehead atoms. The van der Waals surface area contributed by atoms with Gasteiger partial charge in [-0.3, -0.25) is 9.36 Å². The number of carbonyl (C=O) groups is 2. The van der Waals surface area contributed by atoms with Crippen molar-refractivity contribution in [1.82, 2.24) is 14.8 Å². The Bertz CT molecular complexity index is 1430. The third-order valence-corrected chi connectivity index (χ3v) is 8.12. The summed E-state index contributed by atoms with van der Waals surface area (Å²) >= 11 is 2.66. The summed E-state index contributed by atoms with van der Waals surface area (Å²) in [5.41, 5.74) is 5.53. The molecule has 0 atom stereocenters. The fraction of sp³-hybridized carbons (Fsp3) is 0.286. The van der Waals surface area contributed by atoms with Crippen molar-refractivity contribution < 1.29 is 14.3 Å². The van der Waals surface area contributed by atoms with Gasteiger partial charge in [-0.25, -0.2) is 4.79 Å². The molecule has 0 aliphatic carbocycles. The van der Waals surface area contributed by atoms with Gasteiger partial charge < -0.3 is 15.4 Å². The molecule has 0 spiro atoms. The largest absolute Gasteiger partial charge is 0.462 e. The van der Waals surface area contributed by atoms with E-state index in [0.717, 1.165) is 38.8 Å². The number of anilines is 2. The van der Waals surface area contributed by atoms with Gasteiger partial charge in [-0.15, -0.1) is 21.5 Å². The van der Waals surface area contributed by atoms with Gasteiger partial charge in [0.25, 0.3) is 0 Å². The van der Waals surface area contributed by atoms with Gasteiger partial charge in [0.1, 0.15) is 5.00 Å². The van der Waals surface area contributed by atoms with Gasteiger partial charge in [0.2, 0.25) is 5.91 Å². The highest BCUT2D eigenvalue weighted by molar-refractivity contribution is 7.99. The van der Waals surface area contributed by atoms with E-state index in [1.54, 1.807) is 6.92 Å². The lowest BCUT2D eigenvalue weighted by Crippen LogP contribution is -2.17. The average Bonchev–Trinajstić information content (AvgIpc) is 3.42.